The first-order valence-electron chi connectivity index (χ1n) is 5.41. The van der Waals surface area contributed by atoms with Crippen LogP contribution >= 0.6 is 22.6 Å². The summed E-state index contributed by atoms with van der Waals surface area (Å²) >= 11 is 1.91. The van der Waals surface area contributed by atoms with Gasteiger partial charge in [-0.3, -0.25) is 4.79 Å². The summed E-state index contributed by atoms with van der Waals surface area (Å²) in [6.45, 7) is 0.245. The van der Waals surface area contributed by atoms with Crippen molar-refractivity contribution in [1.29, 1.82) is 0 Å². The summed E-state index contributed by atoms with van der Waals surface area (Å²) in [5, 5.41) is 0. The molecular formula is C10H13IN2O4S. The summed E-state index contributed by atoms with van der Waals surface area (Å²) in [5.74, 6) is 0.458. The molecule has 1 saturated heterocycles. The van der Waals surface area contributed by atoms with Gasteiger partial charge >= 0.3 is 0 Å². The average Bonchev–Trinajstić information content (AvgIpc) is 2.65. The molecule has 2 heterocycles. The summed E-state index contributed by atoms with van der Waals surface area (Å²) in [6.07, 6.45) is 0.512. The lowest BCUT2D eigenvalue weighted by molar-refractivity contribution is 0.180. The summed E-state index contributed by atoms with van der Waals surface area (Å²) < 4.78 is 28.3. The first-order chi connectivity index (χ1) is 8.43. The Kier molecular flexibility index (Phi) is 4.07. The second-order valence-electron chi connectivity index (χ2n) is 4.24. The van der Waals surface area contributed by atoms with Crippen LogP contribution in [-0.2, 0) is 21.2 Å². The average molecular weight is 384 g/mol. The van der Waals surface area contributed by atoms with Crippen LogP contribution in [0.15, 0.2) is 4.79 Å². The molecule has 0 amide bonds. The van der Waals surface area contributed by atoms with Crippen molar-refractivity contribution in [2.45, 2.75) is 18.9 Å². The van der Waals surface area contributed by atoms with Gasteiger partial charge in [-0.2, -0.15) is 0 Å². The molecule has 2 rings (SSSR count). The predicted molar refractivity (Wildman–Crippen MR) is 74.3 cm³/mol. The van der Waals surface area contributed by atoms with Crippen LogP contribution in [0.2, 0.25) is 0 Å². The fraction of sp³-hybridized carbons (Fsp3) is 0.600. The van der Waals surface area contributed by atoms with Crippen molar-refractivity contribution >= 4 is 32.4 Å². The molecule has 0 aromatic carbocycles. The molecule has 1 unspecified atom stereocenters. The highest BCUT2D eigenvalue weighted by molar-refractivity contribution is 14.1. The SMILES string of the molecule is COCc1nc(C2CCS(=O)(=O)C2)[nH]c(=O)c1I. The third-order valence-electron chi connectivity index (χ3n) is 2.85. The van der Waals surface area contributed by atoms with E-state index >= 15 is 0 Å². The third-order valence-corrected chi connectivity index (χ3v) is 5.73. The van der Waals surface area contributed by atoms with E-state index in [0.29, 0.717) is 21.5 Å². The molecule has 0 aliphatic carbocycles. The van der Waals surface area contributed by atoms with Gasteiger partial charge in [-0.15, -0.1) is 0 Å². The number of H-pyrrole nitrogens is 1. The molecule has 1 aliphatic heterocycles. The van der Waals surface area contributed by atoms with Gasteiger partial charge in [-0.25, -0.2) is 13.4 Å². The third kappa shape index (κ3) is 2.91. The number of nitrogens with zero attached hydrogens (tertiary/aromatic N) is 1. The van der Waals surface area contributed by atoms with E-state index in [-0.39, 0.29) is 29.6 Å². The van der Waals surface area contributed by atoms with E-state index in [1.807, 2.05) is 22.6 Å². The van der Waals surface area contributed by atoms with Crippen molar-refractivity contribution < 1.29 is 13.2 Å². The number of aromatic amines is 1. The molecule has 1 fully saturated rings. The van der Waals surface area contributed by atoms with Gasteiger partial charge in [0.2, 0.25) is 0 Å². The molecule has 6 nitrogen and oxygen atoms in total. The standard InChI is InChI=1S/C10H13IN2O4S/c1-17-4-7-8(11)10(14)13-9(12-7)6-2-3-18(15,16)5-6/h6H,2-5H2,1H3,(H,12,13,14). The Morgan fingerprint density at radius 1 is 1.56 bits per heavy atom. The van der Waals surface area contributed by atoms with E-state index in [1.54, 1.807) is 0 Å². The minimum absolute atomic E-state index is 0.0585. The van der Waals surface area contributed by atoms with Crippen LogP contribution in [0.3, 0.4) is 0 Å². The normalized spacial score (nSPS) is 22.2. The summed E-state index contributed by atoms with van der Waals surface area (Å²) in [5.41, 5.74) is 0.318. The number of hydrogen-bond donors (Lipinski definition) is 1. The Bertz CT molecular complexity index is 611. The fourth-order valence-corrected chi connectivity index (χ4v) is 4.12. The summed E-state index contributed by atoms with van der Waals surface area (Å²) in [4.78, 5) is 18.7. The van der Waals surface area contributed by atoms with Crippen LogP contribution in [0.4, 0.5) is 0 Å². The summed E-state index contributed by atoms with van der Waals surface area (Å²) in [7, 11) is -1.46. The van der Waals surface area contributed by atoms with E-state index in [2.05, 4.69) is 9.97 Å². The molecule has 1 aromatic heterocycles. The quantitative estimate of drug-likeness (QED) is 0.764. The molecule has 18 heavy (non-hydrogen) atoms. The number of methoxy groups -OCH3 is 1. The van der Waals surface area contributed by atoms with Crippen molar-refractivity contribution in [3.8, 4) is 0 Å². The highest BCUT2D eigenvalue weighted by Gasteiger charge is 2.31. The van der Waals surface area contributed by atoms with Gasteiger partial charge in [0.05, 0.1) is 23.8 Å². The molecular weight excluding hydrogens is 371 g/mol. The van der Waals surface area contributed by atoms with E-state index < -0.39 is 9.84 Å². The molecule has 1 N–H and O–H groups in total. The number of halogens is 1. The predicted octanol–water partition coefficient (Wildman–Crippen LogP) is 0.423. The van der Waals surface area contributed by atoms with Crippen molar-refractivity contribution in [3.63, 3.8) is 0 Å². The smallest absolute Gasteiger partial charge is 0.264 e. The van der Waals surface area contributed by atoms with E-state index in [1.165, 1.54) is 7.11 Å². The number of hydrogen-bond acceptors (Lipinski definition) is 5. The van der Waals surface area contributed by atoms with E-state index in [9.17, 15) is 13.2 Å². The topological polar surface area (TPSA) is 89.1 Å². The van der Waals surface area contributed by atoms with Gasteiger partial charge in [-0.05, 0) is 29.0 Å². The van der Waals surface area contributed by atoms with Crippen molar-refractivity contribution in [1.82, 2.24) is 9.97 Å². The number of ether oxygens (including phenoxy) is 1. The Morgan fingerprint density at radius 2 is 2.28 bits per heavy atom. The maximum atomic E-state index is 11.7. The maximum Gasteiger partial charge on any atom is 0.264 e. The van der Waals surface area contributed by atoms with Crippen molar-refractivity contribution in [2.75, 3.05) is 18.6 Å². The molecule has 1 atom stereocenters. The fourth-order valence-electron chi connectivity index (χ4n) is 1.96. The van der Waals surface area contributed by atoms with Crippen LogP contribution < -0.4 is 5.56 Å². The van der Waals surface area contributed by atoms with Gasteiger partial charge in [-0.1, -0.05) is 0 Å². The molecule has 1 aliphatic rings. The Hall–Kier alpha value is -0.480. The van der Waals surface area contributed by atoms with Crippen LogP contribution in [-0.4, -0.2) is 37.0 Å². The molecule has 0 bridgehead atoms. The molecule has 100 valence electrons. The van der Waals surface area contributed by atoms with Crippen LogP contribution in [0.1, 0.15) is 23.9 Å². The molecule has 0 spiro atoms. The first-order valence-corrected chi connectivity index (χ1v) is 8.31. The van der Waals surface area contributed by atoms with Crippen LogP contribution in [0.25, 0.3) is 0 Å². The van der Waals surface area contributed by atoms with Crippen LogP contribution in [0.5, 0.6) is 0 Å². The maximum absolute atomic E-state index is 11.7. The lowest BCUT2D eigenvalue weighted by atomic mass is 10.1. The zero-order chi connectivity index (χ0) is 13.3. The van der Waals surface area contributed by atoms with Gasteiger partial charge < -0.3 is 9.72 Å². The first kappa shape index (κ1) is 13.9. The number of nitrogens with one attached hydrogen (secondary N) is 1. The van der Waals surface area contributed by atoms with Crippen LogP contribution in [0, 0.1) is 3.57 Å². The Balaban J connectivity index is 2.38. The molecule has 1 aromatic rings. The van der Waals surface area contributed by atoms with Gasteiger partial charge in [0.25, 0.3) is 5.56 Å². The molecule has 0 radical (unpaired) electrons. The monoisotopic (exact) mass is 384 g/mol. The minimum Gasteiger partial charge on any atom is -0.378 e. The molecule has 0 saturated carbocycles. The highest BCUT2D eigenvalue weighted by atomic mass is 127. The van der Waals surface area contributed by atoms with E-state index in [4.69, 9.17) is 4.74 Å². The second kappa shape index (κ2) is 5.25. The highest BCUT2D eigenvalue weighted by Crippen LogP contribution is 2.26. The zero-order valence-electron chi connectivity index (χ0n) is 9.77. The number of aromatic nitrogens is 2. The number of rotatable bonds is 3. The lowest BCUT2D eigenvalue weighted by Gasteiger charge is -2.09. The number of sulfone groups is 1. The van der Waals surface area contributed by atoms with Gasteiger partial charge in [0.1, 0.15) is 9.39 Å². The van der Waals surface area contributed by atoms with Gasteiger partial charge in [0.15, 0.2) is 9.84 Å². The zero-order valence-corrected chi connectivity index (χ0v) is 12.7. The van der Waals surface area contributed by atoms with Crippen molar-refractivity contribution in [3.05, 3.63) is 25.4 Å². The lowest BCUT2D eigenvalue weighted by Crippen LogP contribution is -2.21. The molecule has 8 heteroatoms. The van der Waals surface area contributed by atoms with Crippen molar-refractivity contribution in [2.24, 2.45) is 0 Å². The Morgan fingerprint density at radius 3 is 2.83 bits per heavy atom. The Labute approximate surface area is 118 Å². The largest absolute Gasteiger partial charge is 0.378 e. The minimum atomic E-state index is -2.99. The van der Waals surface area contributed by atoms with E-state index in [0.717, 1.165) is 0 Å². The summed E-state index contributed by atoms with van der Waals surface area (Å²) in [6, 6.07) is 0. The van der Waals surface area contributed by atoms with Gasteiger partial charge in [0, 0.05) is 13.0 Å². The second-order valence-corrected chi connectivity index (χ2v) is 7.55.